The van der Waals surface area contributed by atoms with Crippen LogP contribution < -0.4 is 5.43 Å². The van der Waals surface area contributed by atoms with Gasteiger partial charge in [0.2, 0.25) is 0 Å². The molecule has 3 aromatic heterocycles. The van der Waals surface area contributed by atoms with E-state index in [-0.39, 0.29) is 11.4 Å². The highest BCUT2D eigenvalue weighted by atomic mass is 32.1. The molecule has 6 heteroatoms. The van der Waals surface area contributed by atoms with E-state index in [1.807, 2.05) is 27.5 Å². The number of ether oxygens (including phenoxy) is 1. The molecular weight excluding hydrogens is 294 g/mol. The van der Waals surface area contributed by atoms with Gasteiger partial charge in [0, 0.05) is 18.8 Å². The van der Waals surface area contributed by atoms with Gasteiger partial charge in [0.25, 0.3) is 0 Å². The number of hydrogen-bond donors (Lipinski definition) is 0. The molecule has 0 N–H and O–H groups in total. The van der Waals surface area contributed by atoms with Crippen LogP contribution in [-0.4, -0.2) is 17.6 Å². The number of nitrogens with zero attached hydrogens (tertiary/aromatic N) is 1. The van der Waals surface area contributed by atoms with Crippen molar-refractivity contribution in [2.45, 2.75) is 6.54 Å². The number of thiophene rings is 2. The summed E-state index contributed by atoms with van der Waals surface area (Å²) in [7, 11) is 1.38. The van der Waals surface area contributed by atoms with Crippen molar-refractivity contribution in [2.75, 3.05) is 7.11 Å². The summed E-state index contributed by atoms with van der Waals surface area (Å²) in [6.07, 6.45) is 1.76. The molecule has 0 atom stereocenters. The Kier molecular flexibility index (Phi) is 3.42. The Bertz CT molecular complexity index is 828. The molecule has 0 spiro atoms. The van der Waals surface area contributed by atoms with E-state index in [0.29, 0.717) is 11.4 Å². The van der Waals surface area contributed by atoms with Crippen molar-refractivity contribution in [2.24, 2.45) is 0 Å². The molecule has 0 aliphatic rings. The van der Waals surface area contributed by atoms with Crippen LogP contribution >= 0.6 is 22.7 Å². The molecule has 0 unspecified atom stereocenters. The third-order valence-electron chi connectivity index (χ3n) is 3.04. The van der Waals surface area contributed by atoms with Crippen LogP contribution in [-0.2, 0) is 11.3 Å². The Morgan fingerprint density at radius 1 is 1.25 bits per heavy atom. The van der Waals surface area contributed by atoms with Crippen LogP contribution in [0.2, 0.25) is 0 Å². The number of hydrogen-bond acceptors (Lipinski definition) is 5. The van der Waals surface area contributed by atoms with E-state index in [1.165, 1.54) is 29.8 Å². The predicted octanol–water partition coefficient (Wildman–Crippen LogP) is 2.96. The molecule has 0 saturated heterocycles. The van der Waals surface area contributed by atoms with Gasteiger partial charge in [0.05, 0.1) is 17.3 Å². The zero-order chi connectivity index (χ0) is 14.1. The maximum atomic E-state index is 11.7. The van der Waals surface area contributed by atoms with Crippen LogP contribution in [0, 0.1) is 0 Å². The first kappa shape index (κ1) is 13.1. The summed E-state index contributed by atoms with van der Waals surface area (Å²) in [6, 6.07) is 5.39. The van der Waals surface area contributed by atoms with Gasteiger partial charge in [-0.05, 0) is 28.5 Å². The van der Waals surface area contributed by atoms with Crippen molar-refractivity contribution in [3.63, 3.8) is 0 Å². The number of carbonyl (C=O) groups is 1. The van der Waals surface area contributed by atoms with E-state index >= 15 is 0 Å². The van der Waals surface area contributed by atoms with Crippen molar-refractivity contribution in [3.8, 4) is 0 Å². The molecule has 20 heavy (non-hydrogen) atoms. The molecule has 0 saturated carbocycles. The second-order valence-corrected chi connectivity index (χ2v) is 6.04. The van der Waals surface area contributed by atoms with E-state index in [2.05, 4.69) is 0 Å². The zero-order valence-corrected chi connectivity index (χ0v) is 12.3. The number of aromatic nitrogens is 1. The summed E-state index contributed by atoms with van der Waals surface area (Å²) in [4.78, 5) is 24.0. The SMILES string of the molecule is COC(=O)c1sccc1Cn1ccc(=O)c2sccc21. The van der Waals surface area contributed by atoms with Crippen molar-refractivity contribution < 1.29 is 9.53 Å². The second kappa shape index (κ2) is 5.22. The smallest absolute Gasteiger partial charge is 0.348 e. The molecule has 4 nitrogen and oxygen atoms in total. The van der Waals surface area contributed by atoms with Crippen molar-refractivity contribution >= 4 is 38.9 Å². The Labute approximate surface area is 122 Å². The number of pyridine rings is 1. The lowest BCUT2D eigenvalue weighted by Crippen LogP contribution is -2.09. The predicted molar refractivity (Wildman–Crippen MR) is 80.8 cm³/mol. The van der Waals surface area contributed by atoms with Crippen LogP contribution in [0.15, 0.2) is 40.0 Å². The topological polar surface area (TPSA) is 48.3 Å². The van der Waals surface area contributed by atoms with E-state index < -0.39 is 0 Å². The quantitative estimate of drug-likeness (QED) is 0.699. The highest BCUT2D eigenvalue weighted by Crippen LogP contribution is 2.22. The maximum absolute atomic E-state index is 11.7. The minimum absolute atomic E-state index is 0.0322. The third-order valence-corrected chi connectivity index (χ3v) is 4.90. The van der Waals surface area contributed by atoms with Gasteiger partial charge in [-0.15, -0.1) is 22.7 Å². The van der Waals surface area contributed by atoms with E-state index in [9.17, 15) is 9.59 Å². The third kappa shape index (κ3) is 2.17. The van der Waals surface area contributed by atoms with E-state index in [4.69, 9.17) is 4.74 Å². The molecule has 0 aromatic carbocycles. The van der Waals surface area contributed by atoms with Gasteiger partial charge in [0.15, 0.2) is 5.43 Å². The molecule has 0 fully saturated rings. The molecule has 0 aliphatic heterocycles. The fourth-order valence-corrected chi connectivity index (χ4v) is 3.74. The fraction of sp³-hybridized carbons (Fsp3) is 0.143. The van der Waals surface area contributed by atoms with Crippen LogP contribution in [0.1, 0.15) is 15.2 Å². The molecule has 3 aromatic rings. The average molecular weight is 305 g/mol. The Morgan fingerprint density at radius 3 is 2.85 bits per heavy atom. The monoisotopic (exact) mass is 305 g/mol. The van der Waals surface area contributed by atoms with Crippen LogP contribution in [0.25, 0.3) is 10.2 Å². The number of fused-ring (bicyclic) bond motifs is 1. The Morgan fingerprint density at radius 2 is 2.05 bits per heavy atom. The highest BCUT2D eigenvalue weighted by Gasteiger charge is 2.14. The summed E-state index contributed by atoms with van der Waals surface area (Å²) in [5, 5.41) is 3.77. The summed E-state index contributed by atoms with van der Waals surface area (Å²) in [5.74, 6) is -0.322. The Balaban J connectivity index is 2.04. The van der Waals surface area contributed by atoms with Crippen LogP contribution in [0.5, 0.6) is 0 Å². The average Bonchev–Trinajstić information content (AvgIpc) is 3.10. The van der Waals surface area contributed by atoms with Crippen molar-refractivity contribution in [3.05, 3.63) is 55.8 Å². The summed E-state index contributed by atoms with van der Waals surface area (Å²) >= 11 is 2.80. The first-order valence-corrected chi connectivity index (χ1v) is 7.68. The number of rotatable bonds is 3. The minimum Gasteiger partial charge on any atom is -0.465 e. The molecule has 0 amide bonds. The summed E-state index contributed by atoms with van der Waals surface area (Å²) in [6.45, 7) is 0.543. The van der Waals surface area contributed by atoms with Gasteiger partial charge in [-0.25, -0.2) is 4.79 Å². The molecular formula is C14H11NO3S2. The summed E-state index contributed by atoms with van der Waals surface area (Å²) in [5.41, 5.74) is 1.83. The second-order valence-electron chi connectivity index (χ2n) is 4.21. The molecule has 0 radical (unpaired) electrons. The standard InChI is InChI=1S/C14H11NO3S2/c1-18-14(17)12-9(3-6-19-12)8-15-5-2-11(16)13-10(15)4-7-20-13/h2-7H,8H2,1H3. The van der Waals surface area contributed by atoms with E-state index in [1.54, 1.807) is 12.3 Å². The van der Waals surface area contributed by atoms with Crippen LogP contribution in [0.4, 0.5) is 0 Å². The van der Waals surface area contributed by atoms with Gasteiger partial charge in [0.1, 0.15) is 4.88 Å². The molecule has 0 bridgehead atoms. The van der Waals surface area contributed by atoms with Gasteiger partial charge >= 0.3 is 5.97 Å². The minimum atomic E-state index is -0.322. The maximum Gasteiger partial charge on any atom is 0.348 e. The van der Waals surface area contributed by atoms with Gasteiger partial charge < -0.3 is 9.30 Å². The van der Waals surface area contributed by atoms with E-state index in [0.717, 1.165) is 15.8 Å². The van der Waals surface area contributed by atoms with Crippen LogP contribution in [0.3, 0.4) is 0 Å². The lowest BCUT2D eigenvalue weighted by Gasteiger charge is -2.08. The highest BCUT2D eigenvalue weighted by molar-refractivity contribution is 7.17. The number of methoxy groups -OCH3 is 1. The number of esters is 1. The van der Waals surface area contributed by atoms with Gasteiger partial charge in [-0.3, -0.25) is 4.79 Å². The van der Waals surface area contributed by atoms with Crippen molar-refractivity contribution in [1.82, 2.24) is 4.57 Å². The molecule has 0 aliphatic carbocycles. The summed E-state index contributed by atoms with van der Waals surface area (Å²) < 4.78 is 7.49. The lowest BCUT2D eigenvalue weighted by atomic mass is 10.2. The van der Waals surface area contributed by atoms with Gasteiger partial charge in [-0.2, -0.15) is 0 Å². The lowest BCUT2D eigenvalue weighted by molar-refractivity contribution is 0.0605. The zero-order valence-electron chi connectivity index (χ0n) is 10.7. The molecule has 102 valence electrons. The molecule has 3 heterocycles. The first-order chi connectivity index (χ1) is 9.70. The fourth-order valence-electron chi connectivity index (χ4n) is 2.08. The molecule has 3 rings (SSSR count). The van der Waals surface area contributed by atoms with Gasteiger partial charge in [-0.1, -0.05) is 0 Å². The number of carbonyl (C=O) groups excluding carboxylic acids is 1. The largest absolute Gasteiger partial charge is 0.465 e. The van der Waals surface area contributed by atoms with Crippen molar-refractivity contribution in [1.29, 1.82) is 0 Å². The Hall–Kier alpha value is -1.92. The first-order valence-electron chi connectivity index (χ1n) is 5.92. The normalized spacial score (nSPS) is 10.8.